The van der Waals surface area contributed by atoms with Crippen molar-refractivity contribution in [3.05, 3.63) is 34.9 Å². The maximum absolute atomic E-state index is 12.1. The Bertz CT molecular complexity index is 507. The van der Waals surface area contributed by atoms with Gasteiger partial charge in [0.15, 0.2) is 0 Å². The quantitative estimate of drug-likeness (QED) is 0.801. The van der Waals surface area contributed by atoms with Crippen molar-refractivity contribution >= 4 is 23.5 Å². The molecule has 0 unspecified atom stereocenters. The van der Waals surface area contributed by atoms with Crippen LogP contribution in [-0.2, 0) is 11.2 Å². The summed E-state index contributed by atoms with van der Waals surface area (Å²) >= 11 is 5.84. The number of hydrogen-bond acceptors (Lipinski definition) is 2. The molecule has 0 bridgehead atoms. The molecule has 1 aromatic rings. The molecule has 106 valence electrons. The van der Waals surface area contributed by atoms with E-state index < -0.39 is 0 Å². The molecular weight excluding hydrogens is 276 g/mol. The molecule has 5 heteroatoms. The zero-order chi connectivity index (χ0) is 14.1. The van der Waals surface area contributed by atoms with Crippen molar-refractivity contribution in [2.24, 2.45) is 0 Å². The van der Waals surface area contributed by atoms with Crippen LogP contribution in [0.5, 0.6) is 0 Å². The first-order chi connectivity index (χ1) is 9.66. The Labute approximate surface area is 123 Å². The topological polar surface area (TPSA) is 40.6 Å². The van der Waals surface area contributed by atoms with Crippen LogP contribution in [0.25, 0.3) is 0 Å². The van der Waals surface area contributed by atoms with Crippen molar-refractivity contribution in [1.29, 1.82) is 0 Å². The molecule has 4 nitrogen and oxygen atoms in total. The first kappa shape index (κ1) is 13.4. The highest BCUT2D eigenvalue weighted by Crippen LogP contribution is 2.27. The Hall–Kier alpha value is -1.55. The summed E-state index contributed by atoms with van der Waals surface area (Å²) in [6, 6.07) is 7.40. The second-order valence-electron chi connectivity index (χ2n) is 5.35. The zero-order valence-electron chi connectivity index (χ0n) is 11.2. The van der Waals surface area contributed by atoms with E-state index in [1.807, 2.05) is 24.3 Å². The highest BCUT2D eigenvalue weighted by molar-refractivity contribution is 6.30. The van der Waals surface area contributed by atoms with Crippen LogP contribution in [0.4, 0.5) is 4.79 Å². The molecule has 2 saturated heterocycles. The van der Waals surface area contributed by atoms with E-state index in [0.717, 1.165) is 37.3 Å². The van der Waals surface area contributed by atoms with E-state index in [9.17, 15) is 9.59 Å². The van der Waals surface area contributed by atoms with E-state index in [-0.39, 0.29) is 18.0 Å². The fourth-order valence-corrected chi connectivity index (χ4v) is 3.11. The number of rotatable bonds is 4. The average Bonchev–Trinajstić information content (AvgIpc) is 3.00. The predicted molar refractivity (Wildman–Crippen MR) is 76.6 cm³/mol. The van der Waals surface area contributed by atoms with Gasteiger partial charge in [0.05, 0.1) is 0 Å². The van der Waals surface area contributed by atoms with Crippen LogP contribution < -0.4 is 0 Å². The number of halogens is 1. The van der Waals surface area contributed by atoms with Crippen LogP contribution >= 0.6 is 11.6 Å². The van der Waals surface area contributed by atoms with Crippen LogP contribution in [0.1, 0.15) is 24.8 Å². The molecule has 2 aliphatic rings. The minimum atomic E-state index is -0.182. The highest BCUT2D eigenvalue weighted by atomic mass is 35.5. The molecule has 3 rings (SSSR count). The molecule has 2 heterocycles. The minimum absolute atomic E-state index is 0.0105. The summed E-state index contributed by atoms with van der Waals surface area (Å²) in [7, 11) is 0. The number of hydrogen-bond donors (Lipinski definition) is 0. The Morgan fingerprint density at radius 2 is 1.95 bits per heavy atom. The predicted octanol–water partition coefficient (Wildman–Crippen LogP) is 2.70. The van der Waals surface area contributed by atoms with Gasteiger partial charge in [-0.1, -0.05) is 23.7 Å². The van der Waals surface area contributed by atoms with Gasteiger partial charge < -0.3 is 4.90 Å². The fourth-order valence-electron chi connectivity index (χ4n) is 2.98. The fraction of sp³-hybridized carbons (Fsp3) is 0.467. The zero-order valence-corrected chi connectivity index (χ0v) is 12.0. The van der Waals surface area contributed by atoms with Crippen LogP contribution in [0, 0.1) is 0 Å². The molecule has 3 amide bonds. The smallest absolute Gasteiger partial charge is 0.312 e. The lowest BCUT2D eigenvalue weighted by Gasteiger charge is -2.15. The Balaban J connectivity index is 1.55. The van der Waals surface area contributed by atoms with Gasteiger partial charge in [-0.3, -0.25) is 9.69 Å². The molecule has 0 radical (unpaired) electrons. The summed E-state index contributed by atoms with van der Waals surface area (Å²) in [6.45, 7) is 1.23. The lowest BCUT2D eigenvalue weighted by atomic mass is 10.1. The number of imide groups is 1. The van der Waals surface area contributed by atoms with Gasteiger partial charge >= 0.3 is 6.03 Å². The molecule has 1 atom stereocenters. The average molecular weight is 293 g/mol. The number of carbonyl (C=O) groups excluding carboxylic acids is 2. The summed E-state index contributed by atoms with van der Waals surface area (Å²) in [4.78, 5) is 27.4. The minimum Gasteiger partial charge on any atom is -0.312 e. The third kappa shape index (κ3) is 2.40. The summed E-state index contributed by atoms with van der Waals surface area (Å²) in [5.41, 5.74) is 1.17. The molecule has 0 spiro atoms. The van der Waals surface area contributed by atoms with Gasteiger partial charge in [-0.25, -0.2) is 4.79 Å². The van der Waals surface area contributed by atoms with E-state index in [1.54, 1.807) is 4.90 Å². The maximum Gasteiger partial charge on any atom is 0.327 e. The normalized spacial score (nSPS) is 21.8. The Morgan fingerprint density at radius 3 is 2.65 bits per heavy atom. The Morgan fingerprint density at radius 1 is 1.20 bits per heavy atom. The summed E-state index contributed by atoms with van der Waals surface area (Å²) in [5.74, 6) is -0.0105. The number of amides is 3. The van der Waals surface area contributed by atoms with E-state index in [2.05, 4.69) is 0 Å². The first-order valence-electron chi connectivity index (χ1n) is 7.03. The molecule has 0 aliphatic carbocycles. The molecule has 0 aromatic heterocycles. The van der Waals surface area contributed by atoms with Crippen molar-refractivity contribution in [3.8, 4) is 0 Å². The first-order valence-corrected chi connectivity index (χ1v) is 7.41. The molecule has 20 heavy (non-hydrogen) atoms. The number of urea groups is 1. The van der Waals surface area contributed by atoms with Gasteiger partial charge in [-0.05, 0) is 43.4 Å². The number of nitrogens with zero attached hydrogens (tertiary/aromatic N) is 2. The molecular formula is C15H17ClN2O2. The third-order valence-electron chi connectivity index (χ3n) is 4.04. The van der Waals surface area contributed by atoms with Gasteiger partial charge in [0.2, 0.25) is 0 Å². The summed E-state index contributed by atoms with van der Waals surface area (Å²) in [5, 5.41) is 0.722. The van der Waals surface area contributed by atoms with Gasteiger partial charge in [-0.15, -0.1) is 0 Å². The van der Waals surface area contributed by atoms with Crippen molar-refractivity contribution in [3.63, 3.8) is 0 Å². The van der Waals surface area contributed by atoms with Gasteiger partial charge in [0.1, 0.15) is 6.04 Å². The van der Waals surface area contributed by atoms with E-state index in [0.29, 0.717) is 6.54 Å². The maximum atomic E-state index is 12.1. The van der Waals surface area contributed by atoms with Gasteiger partial charge in [0.25, 0.3) is 5.91 Å². The molecule has 2 fully saturated rings. The lowest BCUT2D eigenvalue weighted by molar-refractivity contribution is -0.128. The second-order valence-corrected chi connectivity index (χ2v) is 5.79. The monoisotopic (exact) mass is 292 g/mol. The van der Waals surface area contributed by atoms with Crippen molar-refractivity contribution in [2.75, 3.05) is 13.1 Å². The highest BCUT2D eigenvalue weighted by Gasteiger charge is 2.46. The number of aryl methyl sites for hydroxylation is 1. The summed E-state index contributed by atoms with van der Waals surface area (Å²) < 4.78 is 0. The van der Waals surface area contributed by atoms with Crippen molar-refractivity contribution < 1.29 is 9.59 Å². The number of fused-ring (bicyclic) bond motifs is 1. The molecule has 2 aliphatic heterocycles. The van der Waals surface area contributed by atoms with Crippen molar-refractivity contribution in [2.45, 2.75) is 31.7 Å². The van der Waals surface area contributed by atoms with Crippen LogP contribution in [-0.4, -0.2) is 40.9 Å². The third-order valence-corrected chi connectivity index (χ3v) is 4.29. The van der Waals surface area contributed by atoms with Gasteiger partial charge in [0, 0.05) is 18.1 Å². The van der Waals surface area contributed by atoms with Crippen LogP contribution in [0.15, 0.2) is 24.3 Å². The van der Waals surface area contributed by atoms with Crippen LogP contribution in [0.2, 0.25) is 5.02 Å². The van der Waals surface area contributed by atoms with Crippen molar-refractivity contribution in [1.82, 2.24) is 9.80 Å². The van der Waals surface area contributed by atoms with E-state index in [1.165, 1.54) is 10.5 Å². The molecule has 0 N–H and O–H groups in total. The van der Waals surface area contributed by atoms with Crippen LogP contribution in [0.3, 0.4) is 0 Å². The molecule has 0 saturated carbocycles. The van der Waals surface area contributed by atoms with E-state index >= 15 is 0 Å². The lowest BCUT2D eigenvalue weighted by Crippen LogP contribution is -2.34. The SMILES string of the molecule is O=C1[C@H]2CCCN2C(=O)N1CCCc1ccc(Cl)cc1. The number of carbonyl (C=O) groups is 2. The second kappa shape index (κ2) is 5.44. The molecule has 1 aromatic carbocycles. The standard InChI is InChI=1S/C15H17ClN2O2/c16-12-7-5-11(6-8-12)3-1-10-18-14(19)13-4-2-9-17(13)15(18)20/h5-8,13H,1-4,9-10H2/t13-/m1/s1. The largest absolute Gasteiger partial charge is 0.327 e. The van der Waals surface area contributed by atoms with Gasteiger partial charge in [-0.2, -0.15) is 0 Å². The van der Waals surface area contributed by atoms with E-state index in [4.69, 9.17) is 11.6 Å². The number of benzene rings is 1. The Kier molecular flexibility index (Phi) is 3.66. The summed E-state index contributed by atoms with van der Waals surface area (Å²) in [6.07, 6.45) is 3.40.